The van der Waals surface area contributed by atoms with Crippen LogP contribution in [-0.4, -0.2) is 42.3 Å². The zero-order chi connectivity index (χ0) is 21.2. The highest BCUT2D eigenvalue weighted by Gasteiger charge is 2.23. The summed E-state index contributed by atoms with van der Waals surface area (Å²) < 4.78 is 5.18. The van der Waals surface area contributed by atoms with Crippen LogP contribution in [0.4, 0.5) is 0 Å². The maximum atomic E-state index is 12.9. The number of amides is 1. The van der Waals surface area contributed by atoms with E-state index in [0.717, 1.165) is 24.9 Å². The molecule has 1 unspecified atom stereocenters. The largest absolute Gasteiger partial charge is 0.497 e. The number of nitrogens with zero attached hydrogens (tertiary/aromatic N) is 1. The molecule has 2 aromatic carbocycles. The molecule has 0 heterocycles. The third kappa shape index (κ3) is 6.44. The average Bonchev–Trinajstić information content (AvgIpc) is 2.80. The van der Waals surface area contributed by atoms with Gasteiger partial charge in [0.05, 0.1) is 19.8 Å². The first kappa shape index (κ1) is 22.1. The van der Waals surface area contributed by atoms with Gasteiger partial charge >= 0.3 is 0 Å². The van der Waals surface area contributed by atoms with Crippen LogP contribution < -0.4 is 10.2 Å². The lowest BCUT2D eigenvalue weighted by Gasteiger charge is -2.33. The summed E-state index contributed by atoms with van der Waals surface area (Å²) >= 11 is 0. The molecule has 0 radical (unpaired) electrons. The molecule has 5 heteroatoms. The Morgan fingerprint density at radius 1 is 1.13 bits per heavy atom. The van der Waals surface area contributed by atoms with Gasteiger partial charge in [0.2, 0.25) is 0 Å². The number of hydrazine groups is 1. The molecule has 160 valence electrons. The summed E-state index contributed by atoms with van der Waals surface area (Å²) in [7, 11) is 1.60. The fourth-order valence-electron chi connectivity index (χ4n) is 3.90. The predicted molar refractivity (Wildman–Crippen MR) is 120 cm³/mol. The maximum absolute atomic E-state index is 12.9. The Hall–Kier alpha value is -2.63. The van der Waals surface area contributed by atoms with Crippen LogP contribution in [0.1, 0.15) is 48.0 Å². The second-order valence-corrected chi connectivity index (χ2v) is 7.85. The molecule has 1 amide bonds. The van der Waals surface area contributed by atoms with Crippen LogP contribution in [0.15, 0.2) is 60.7 Å². The van der Waals surface area contributed by atoms with Gasteiger partial charge in [-0.3, -0.25) is 10.2 Å². The van der Waals surface area contributed by atoms with Crippen molar-refractivity contribution >= 4 is 12.0 Å². The number of carbonyl (C=O) groups is 1. The molecule has 1 atom stereocenters. The molecule has 1 fully saturated rings. The first-order valence-corrected chi connectivity index (χ1v) is 10.8. The molecule has 1 aliphatic carbocycles. The van der Waals surface area contributed by atoms with Gasteiger partial charge in [0.25, 0.3) is 5.91 Å². The van der Waals surface area contributed by atoms with Crippen molar-refractivity contribution in [1.29, 1.82) is 0 Å². The van der Waals surface area contributed by atoms with E-state index in [0.29, 0.717) is 17.2 Å². The fraction of sp³-hybridized carbons (Fsp3) is 0.400. The zero-order valence-corrected chi connectivity index (χ0v) is 17.7. The number of hydrogen-bond donors (Lipinski definition) is 2. The Morgan fingerprint density at radius 2 is 1.83 bits per heavy atom. The molecule has 2 N–H and O–H groups in total. The molecule has 0 aromatic heterocycles. The average molecular weight is 409 g/mol. The monoisotopic (exact) mass is 408 g/mol. The van der Waals surface area contributed by atoms with Crippen molar-refractivity contribution in [3.8, 4) is 5.75 Å². The molecular weight excluding hydrogens is 376 g/mol. The van der Waals surface area contributed by atoms with E-state index in [1.165, 1.54) is 19.3 Å². The minimum Gasteiger partial charge on any atom is -0.497 e. The molecule has 0 saturated heterocycles. The van der Waals surface area contributed by atoms with E-state index in [1.54, 1.807) is 31.4 Å². The van der Waals surface area contributed by atoms with Crippen LogP contribution in [0.25, 0.3) is 6.08 Å². The van der Waals surface area contributed by atoms with E-state index in [1.807, 2.05) is 47.5 Å². The normalized spacial score (nSPS) is 16.0. The number of nitrogens with one attached hydrogen (secondary N) is 1. The van der Waals surface area contributed by atoms with Crippen molar-refractivity contribution in [3.63, 3.8) is 0 Å². The lowest BCUT2D eigenvalue weighted by atomic mass is 9.89. The number of hydrogen-bond acceptors (Lipinski definition) is 4. The van der Waals surface area contributed by atoms with Gasteiger partial charge in [0.1, 0.15) is 5.75 Å². The highest BCUT2D eigenvalue weighted by molar-refractivity contribution is 5.94. The molecule has 1 aliphatic rings. The maximum Gasteiger partial charge on any atom is 0.265 e. The number of benzene rings is 2. The summed E-state index contributed by atoms with van der Waals surface area (Å²) in [6, 6.07) is 16.7. The van der Waals surface area contributed by atoms with E-state index in [2.05, 4.69) is 5.43 Å². The summed E-state index contributed by atoms with van der Waals surface area (Å²) in [6.45, 7) is 0.658. The minimum atomic E-state index is -0.297. The Labute approximate surface area is 179 Å². The minimum absolute atomic E-state index is 0.0705. The lowest BCUT2D eigenvalue weighted by Crippen LogP contribution is -2.51. The second-order valence-electron chi connectivity index (χ2n) is 7.85. The van der Waals surface area contributed by atoms with Crippen LogP contribution in [0, 0.1) is 5.92 Å². The standard InChI is InChI=1S/C25H32N2O3/c1-30-24-16-13-22(14-17-24)25(29)26-27(18-21-10-6-3-7-11-21)23(19-28)15-12-20-8-4-2-5-9-20/h2,4-5,8-9,12-17,21,23,28H,3,6-7,10-11,18-19H2,1H3,(H,26,29)/b15-12+. The van der Waals surface area contributed by atoms with Gasteiger partial charge in [-0.05, 0) is 48.6 Å². The number of aliphatic hydroxyl groups is 1. The van der Waals surface area contributed by atoms with Crippen LogP contribution in [-0.2, 0) is 0 Å². The van der Waals surface area contributed by atoms with Gasteiger partial charge in [-0.25, -0.2) is 5.01 Å². The summed E-state index contributed by atoms with van der Waals surface area (Å²) in [5.74, 6) is 1.05. The lowest BCUT2D eigenvalue weighted by molar-refractivity contribution is 0.0551. The van der Waals surface area contributed by atoms with Crippen LogP contribution in [0.3, 0.4) is 0 Å². The topological polar surface area (TPSA) is 61.8 Å². The van der Waals surface area contributed by atoms with Crippen molar-refractivity contribution in [1.82, 2.24) is 10.4 Å². The van der Waals surface area contributed by atoms with Crippen LogP contribution in [0.5, 0.6) is 5.75 Å². The molecule has 0 spiro atoms. The summed E-state index contributed by atoms with van der Waals surface area (Å²) in [6.07, 6.45) is 10.0. The number of methoxy groups -OCH3 is 1. The summed E-state index contributed by atoms with van der Waals surface area (Å²) in [5.41, 5.74) is 4.68. The summed E-state index contributed by atoms with van der Waals surface area (Å²) in [4.78, 5) is 12.9. The molecule has 3 rings (SSSR count). The number of carbonyl (C=O) groups excluding carboxylic acids is 1. The number of aliphatic hydroxyl groups excluding tert-OH is 1. The van der Waals surface area contributed by atoms with E-state index < -0.39 is 0 Å². The van der Waals surface area contributed by atoms with E-state index in [9.17, 15) is 9.90 Å². The van der Waals surface area contributed by atoms with Gasteiger partial charge in [-0.1, -0.05) is 61.7 Å². The SMILES string of the molecule is COc1ccc(C(=O)NN(CC2CCCCC2)C(/C=C/c2ccccc2)CO)cc1. The molecule has 30 heavy (non-hydrogen) atoms. The Balaban J connectivity index is 1.74. The Kier molecular flexibility index (Phi) is 8.48. The predicted octanol–water partition coefficient (Wildman–Crippen LogP) is 4.30. The van der Waals surface area contributed by atoms with Crippen molar-refractivity contribution in [2.75, 3.05) is 20.3 Å². The highest BCUT2D eigenvalue weighted by Crippen LogP contribution is 2.25. The van der Waals surface area contributed by atoms with Gasteiger partial charge in [0.15, 0.2) is 0 Å². The highest BCUT2D eigenvalue weighted by atomic mass is 16.5. The van der Waals surface area contributed by atoms with E-state index >= 15 is 0 Å². The van der Waals surface area contributed by atoms with Gasteiger partial charge in [-0.2, -0.15) is 0 Å². The molecule has 1 saturated carbocycles. The third-order valence-electron chi connectivity index (χ3n) is 5.67. The molecule has 2 aromatic rings. The van der Waals surface area contributed by atoms with Crippen LogP contribution in [0.2, 0.25) is 0 Å². The number of ether oxygens (including phenoxy) is 1. The van der Waals surface area contributed by atoms with Crippen molar-refractivity contribution < 1.29 is 14.6 Å². The van der Waals surface area contributed by atoms with Gasteiger partial charge in [0, 0.05) is 12.1 Å². The first-order valence-electron chi connectivity index (χ1n) is 10.8. The van der Waals surface area contributed by atoms with Crippen molar-refractivity contribution in [2.24, 2.45) is 5.92 Å². The first-order chi connectivity index (χ1) is 14.7. The van der Waals surface area contributed by atoms with Gasteiger partial charge < -0.3 is 9.84 Å². The van der Waals surface area contributed by atoms with Crippen molar-refractivity contribution in [3.05, 3.63) is 71.8 Å². The Morgan fingerprint density at radius 3 is 2.47 bits per heavy atom. The second kappa shape index (κ2) is 11.5. The van der Waals surface area contributed by atoms with E-state index in [-0.39, 0.29) is 18.6 Å². The molecule has 0 aliphatic heterocycles. The van der Waals surface area contributed by atoms with Gasteiger partial charge in [-0.15, -0.1) is 0 Å². The zero-order valence-electron chi connectivity index (χ0n) is 17.7. The van der Waals surface area contributed by atoms with Crippen LogP contribution >= 0.6 is 0 Å². The number of rotatable bonds is 9. The Bertz CT molecular complexity index is 799. The fourth-order valence-corrected chi connectivity index (χ4v) is 3.90. The summed E-state index contributed by atoms with van der Waals surface area (Å²) in [5, 5.41) is 12.0. The molecule has 5 nitrogen and oxygen atoms in total. The third-order valence-corrected chi connectivity index (χ3v) is 5.67. The molecular formula is C25H32N2O3. The smallest absolute Gasteiger partial charge is 0.265 e. The van der Waals surface area contributed by atoms with Crippen molar-refractivity contribution in [2.45, 2.75) is 38.1 Å². The molecule has 0 bridgehead atoms. The quantitative estimate of drug-likeness (QED) is 0.608. The van der Waals surface area contributed by atoms with E-state index in [4.69, 9.17) is 4.74 Å².